The van der Waals surface area contributed by atoms with Crippen LogP contribution in [0.25, 0.3) is 0 Å². The molecule has 5 heteroatoms. The van der Waals surface area contributed by atoms with E-state index in [4.69, 9.17) is 10.5 Å². The number of hydrogen-bond acceptors (Lipinski definition) is 4. The fourth-order valence-corrected chi connectivity index (χ4v) is 3.98. The summed E-state index contributed by atoms with van der Waals surface area (Å²) in [5.41, 5.74) is 5.94. The molecule has 2 rings (SSSR count). The quantitative estimate of drug-likeness (QED) is 0.927. The third-order valence-corrected chi connectivity index (χ3v) is 5.12. The number of halogens is 1. The van der Waals surface area contributed by atoms with E-state index in [1.54, 1.807) is 18.4 Å². The molecule has 2 atom stereocenters. The molecule has 1 aliphatic rings. The van der Waals surface area contributed by atoms with E-state index in [-0.39, 0.29) is 0 Å². The highest BCUT2D eigenvalue weighted by Crippen LogP contribution is 2.31. The van der Waals surface area contributed by atoms with E-state index in [1.165, 1.54) is 17.7 Å². The molecule has 0 spiro atoms. The van der Waals surface area contributed by atoms with E-state index in [0.717, 1.165) is 17.6 Å². The van der Waals surface area contributed by atoms with Crippen molar-refractivity contribution in [2.75, 3.05) is 26.7 Å². The van der Waals surface area contributed by atoms with Gasteiger partial charge in [0.25, 0.3) is 0 Å². The lowest BCUT2D eigenvalue weighted by atomic mass is 10.0. The van der Waals surface area contributed by atoms with Crippen molar-refractivity contribution >= 4 is 27.3 Å². The number of methoxy groups -OCH3 is 1. The van der Waals surface area contributed by atoms with Crippen molar-refractivity contribution < 1.29 is 4.74 Å². The van der Waals surface area contributed by atoms with Gasteiger partial charge in [-0.2, -0.15) is 0 Å². The van der Waals surface area contributed by atoms with Crippen LogP contribution in [0.2, 0.25) is 0 Å². The smallest absolute Gasteiger partial charge is 0.0698 e. The molecular formula is C12H19BrN2OS. The first kappa shape index (κ1) is 13.5. The minimum atomic E-state index is 0.337. The Morgan fingerprint density at radius 3 is 3.12 bits per heavy atom. The summed E-state index contributed by atoms with van der Waals surface area (Å²) in [7, 11) is 1.80. The monoisotopic (exact) mass is 318 g/mol. The fourth-order valence-electron chi connectivity index (χ4n) is 2.39. The largest absolute Gasteiger partial charge is 0.380 e. The van der Waals surface area contributed by atoms with Crippen LogP contribution in [0.15, 0.2) is 15.9 Å². The summed E-state index contributed by atoms with van der Waals surface area (Å²) in [6, 6.07) is 2.52. The summed E-state index contributed by atoms with van der Waals surface area (Å²) in [4.78, 5) is 3.80. The standard InChI is InChI=1S/C12H19BrN2OS/c1-16-10-3-2-4-15(7-10)11(6-14)12-5-9(13)8-17-12/h5,8,10-11H,2-4,6-7,14H2,1H3. The van der Waals surface area contributed by atoms with Crippen LogP contribution in [0.3, 0.4) is 0 Å². The summed E-state index contributed by atoms with van der Waals surface area (Å²) in [5.74, 6) is 0. The van der Waals surface area contributed by atoms with Gasteiger partial charge in [-0.3, -0.25) is 4.90 Å². The number of nitrogens with zero attached hydrogens (tertiary/aromatic N) is 1. The minimum Gasteiger partial charge on any atom is -0.380 e. The number of likely N-dealkylation sites (tertiary alicyclic amines) is 1. The van der Waals surface area contributed by atoms with Crippen LogP contribution in [-0.4, -0.2) is 37.7 Å². The lowest BCUT2D eigenvalue weighted by Crippen LogP contribution is -2.43. The molecule has 1 saturated heterocycles. The predicted molar refractivity (Wildman–Crippen MR) is 75.4 cm³/mol. The molecule has 0 saturated carbocycles. The van der Waals surface area contributed by atoms with Gasteiger partial charge in [0.05, 0.1) is 12.1 Å². The summed E-state index contributed by atoms with van der Waals surface area (Å²) < 4.78 is 6.62. The molecule has 1 aromatic heterocycles. The molecule has 2 heterocycles. The van der Waals surface area contributed by atoms with Crippen LogP contribution in [0.5, 0.6) is 0 Å². The topological polar surface area (TPSA) is 38.5 Å². The lowest BCUT2D eigenvalue weighted by Gasteiger charge is -2.36. The molecule has 3 nitrogen and oxygen atoms in total. The van der Waals surface area contributed by atoms with Gasteiger partial charge >= 0.3 is 0 Å². The third-order valence-electron chi connectivity index (χ3n) is 3.32. The second-order valence-electron chi connectivity index (χ2n) is 4.41. The van der Waals surface area contributed by atoms with Gasteiger partial charge < -0.3 is 10.5 Å². The zero-order valence-electron chi connectivity index (χ0n) is 10.1. The van der Waals surface area contributed by atoms with Gasteiger partial charge in [0, 0.05) is 34.9 Å². The average molecular weight is 319 g/mol. The first-order valence-corrected chi connectivity index (χ1v) is 7.62. The van der Waals surface area contributed by atoms with Crippen LogP contribution in [0.4, 0.5) is 0 Å². The molecule has 2 unspecified atom stereocenters. The van der Waals surface area contributed by atoms with Gasteiger partial charge in [0.2, 0.25) is 0 Å². The van der Waals surface area contributed by atoms with Crippen molar-refractivity contribution in [3.05, 3.63) is 20.8 Å². The highest BCUT2D eigenvalue weighted by Gasteiger charge is 2.26. The fraction of sp³-hybridized carbons (Fsp3) is 0.667. The average Bonchev–Trinajstić information content (AvgIpc) is 2.77. The van der Waals surface area contributed by atoms with Gasteiger partial charge in [0.15, 0.2) is 0 Å². The van der Waals surface area contributed by atoms with Gasteiger partial charge in [-0.1, -0.05) is 0 Å². The Hall–Kier alpha value is 0.0600. The molecule has 0 bridgehead atoms. The predicted octanol–water partition coefficient (Wildman–Crippen LogP) is 2.62. The summed E-state index contributed by atoms with van der Waals surface area (Å²) in [5, 5.41) is 2.12. The van der Waals surface area contributed by atoms with Crippen LogP contribution in [0.1, 0.15) is 23.8 Å². The Labute approximate surface area is 115 Å². The first-order valence-electron chi connectivity index (χ1n) is 5.95. The van der Waals surface area contributed by atoms with Gasteiger partial charge in [0.1, 0.15) is 0 Å². The molecule has 1 fully saturated rings. The van der Waals surface area contributed by atoms with Crippen molar-refractivity contribution in [3.8, 4) is 0 Å². The number of ether oxygens (including phenoxy) is 1. The Balaban J connectivity index is 2.07. The second kappa shape index (κ2) is 6.29. The summed E-state index contributed by atoms with van der Waals surface area (Å²) in [6.07, 6.45) is 2.72. The highest BCUT2D eigenvalue weighted by molar-refractivity contribution is 9.10. The molecule has 2 N–H and O–H groups in total. The molecule has 1 aromatic rings. The van der Waals surface area contributed by atoms with Crippen LogP contribution in [0, 0.1) is 0 Å². The third kappa shape index (κ3) is 3.29. The minimum absolute atomic E-state index is 0.337. The van der Waals surface area contributed by atoms with E-state index in [1.807, 2.05) is 0 Å². The number of piperidine rings is 1. The molecule has 1 aliphatic heterocycles. The zero-order chi connectivity index (χ0) is 12.3. The first-order chi connectivity index (χ1) is 8.24. The van der Waals surface area contributed by atoms with Gasteiger partial charge in [-0.05, 0) is 41.4 Å². The van der Waals surface area contributed by atoms with Crippen LogP contribution in [-0.2, 0) is 4.74 Å². The Morgan fingerprint density at radius 1 is 1.71 bits per heavy atom. The van der Waals surface area contributed by atoms with Crippen molar-refractivity contribution in [1.29, 1.82) is 0 Å². The SMILES string of the molecule is COC1CCCN(C(CN)c2cc(Br)cs2)C1. The van der Waals surface area contributed by atoms with Crippen molar-refractivity contribution in [3.63, 3.8) is 0 Å². The van der Waals surface area contributed by atoms with E-state index >= 15 is 0 Å². The molecule has 0 aromatic carbocycles. The number of rotatable bonds is 4. The Kier molecular flexibility index (Phi) is 4.99. The van der Waals surface area contributed by atoms with Crippen molar-refractivity contribution in [2.45, 2.75) is 25.0 Å². The lowest BCUT2D eigenvalue weighted by molar-refractivity contribution is 0.0161. The second-order valence-corrected chi connectivity index (χ2v) is 6.27. The highest BCUT2D eigenvalue weighted by atomic mass is 79.9. The molecule has 0 aliphatic carbocycles. The Morgan fingerprint density at radius 2 is 2.53 bits per heavy atom. The normalized spacial score (nSPS) is 23.8. The van der Waals surface area contributed by atoms with E-state index in [9.17, 15) is 0 Å². The maximum absolute atomic E-state index is 5.94. The van der Waals surface area contributed by atoms with Gasteiger partial charge in [-0.15, -0.1) is 11.3 Å². The molecule has 0 radical (unpaired) electrons. The molecule has 96 valence electrons. The maximum atomic E-state index is 5.94. The maximum Gasteiger partial charge on any atom is 0.0698 e. The van der Waals surface area contributed by atoms with E-state index in [0.29, 0.717) is 18.7 Å². The van der Waals surface area contributed by atoms with Crippen molar-refractivity contribution in [2.24, 2.45) is 5.73 Å². The van der Waals surface area contributed by atoms with Gasteiger partial charge in [-0.25, -0.2) is 0 Å². The summed E-state index contributed by atoms with van der Waals surface area (Å²) in [6.45, 7) is 2.79. The molecule has 17 heavy (non-hydrogen) atoms. The Bertz CT molecular complexity index is 358. The molecule has 0 amide bonds. The number of thiophene rings is 1. The van der Waals surface area contributed by atoms with E-state index < -0.39 is 0 Å². The number of hydrogen-bond donors (Lipinski definition) is 1. The zero-order valence-corrected chi connectivity index (χ0v) is 12.5. The van der Waals surface area contributed by atoms with Crippen LogP contribution < -0.4 is 5.73 Å². The molecular weight excluding hydrogens is 300 g/mol. The summed E-state index contributed by atoms with van der Waals surface area (Å²) >= 11 is 5.28. The number of nitrogens with two attached hydrogens (primary N) is 1. The van der Waals surface area contributed by atoms with E-state index in [2.05, 4.69) is 32.3 Å². The van der Waals surface area contributed by atoms with Crippen molar-refractivity contribution in [1.82, 2.24) is 4.90 Å². The van der Waals surface area contributed by atoms with Crippen LogP contribution >= 0.6 is 27.3 Å².